The molecule has 0 radical (unpaired) electrons. The van der Waals surface area contributed by atoms with E-state index >= 15 is 0 Å². The fourth-order valence-electron chi connectivity index (χ4n) is 1.90. The molecule has 1 N–H and O–H groups in total. The normalized spacial score (nSPS) is 11.0. The van der Waals surface area contributed by atoms with E-state index in [0.29, 0.717) is 17.1 Å². The largest absolute Gasteiger partial charge is 0.515 e. The number of aliphatic hydroxyl groups excluding tert-OH is 1. The van der Waals surface area contributed by atoms with E-state index in [1.807, 2.05) is 43.3 Å². The molecule has 2 aromatic carbocycles. The number of hydrogen-bond acceptors (Lipinski definition) is 4. The summed E-state index contributed by atoms with van der Waals surface area (Å²) < 4.78 is 10.5. The molecule has 0 saturated heterocycles. The number of aryl methyl sites for hydroxylation is 1. The van der Waals surface area contributed by atoms with E-state index < -0.39 is 5.97 Å². The standard InChI is InChI=1S/C17H16O4/c1-12-8-9-16(21-13-6-4-3-5-7-13)14(10-12)15(11-18)17(19)20-2/h3-11,18H,1-2H3. The number of methoxy groups -OCH3 is 1. The number of ether oxygens (including phenoxy) is 2. The molecule has 0 aromatic heterocycles. The summed E-state index contributed by atoms with van der Waals surface area (Å²) >= 11 is 0. The number of carbonyl (C=O) groups excluding carboxylic acids is 1. The van der Waals surface area contributed by atoms with Crippen LogP contribution in [0.2, 0.25) is 0 Å². The molecule has 0 aliphatic heterocycles. The summed E-state index contributed by atoms with van der Waals surface area (Å²) in [6, 6.07) is 14.6. The van der Waals surface area contributed by atoms with Gasteiger partial charge in [-0.25, -0.2) is 4.79 Å². The van der Waals surface area contributed by atoms with E-state index in [4.69, 9.17) is 4.74 Å². The van der Waals surface area contributed by atoms with E-state index in [1.54, 1.807) is 12.1 Å². The lowest BCUT2D eigenvalue weighted by molar-refractivity contribution is -0.133. The van der Waals surface area contributed by atoms with Crippen LogP contribution < -0.4 is 4.74 Å². The highest BCUT2D eigenvalue weighted by Crippen LogP contribution is 2.31. The molecule has 0 atom stereocenters. The molecule has 0 aliphatic carbocycles. The van der Waals surface area contributed by atoms with Crippen LogP contribution in [-0.2, 0) is 9.53 Å². The molecule has 0 heterocycles. The lowest BCUT2D eigenvalue weighted by atomic mass is 10.0. The molecular weight excluding hydrogens is 268 g/mol. The van der Waals surface area contributed by atoms with Crippen molar-refractivity contribution in [3.05, 3.63) is 65.9 Å². The van der Waals surface area contributed by atoms with Gasteiger partial charge in [-0.05, 0) is 31.2 Å². The van der Waals surface area contributed by atoms with Crippen molar-refractivity contribution in [2.75, 3.05) is 7.11 Å². The molecule has 0 spiro atoms. The van der Waals surface area contributed by atoms with Crippen LogP contribution in [0, 0.1) is 6.92 Å². The fourth-order valence-corrected chi connectivity index (χ4v) is 1.90. The van der Waals surface area contributed by atoms with E-state index in [0.717, 1.165) is 11.8 Å². The second-order valence-electron chi connectivity index (χ2n) is 4.45. The number of benzene rings is 2. The quantitative estimate of drug-likeness (QED) is 0.526. The van der Waals surface area contributed by atoms with Gasteiger partial charge in [0, 0.05) is 5.56 Å². The summed E-state index contributed by atoms with van der Waals surface area (Å²) in [4.78, 5) is 11.8. The van der Waals surface area contributed by atoms with Crippen molar-refractivity contribution >= 4 is 11.5 Å². The molecule has 21 heavy (non-hydrogen) atoms. The zero-order valence-corrected chi connectivity index (χ0v) is 11.9. The van der Waals surface area contributed by atoms with Gasteiger partial charge in [-0.15, -0.1) is 0 Å². The van der Waals surface area contributed by atoms with Crippen molar-refractivity contribution in [2.45, 2.75) is 6.92 Å². The molecule has 0 unspecified atom stereocenters. The first kappa shape index (κ1) is 14.7. The Kier molecular flexibility index (Phi) is 4.61. The molecule has 4 heteroatoms. The van der Waals surface area contributed by atoms with Gasteiger partial charge in [-0.1, -0.05) is 29.8 Å². The van der Waals surface area contributed by atoms with Gasteiger partial charge in [0.2, 0.25) is 0 Å². The Balaban J connectivity index is 2.45. The van der Waals surface area contributed by atoms with Crippen LogP contribution in [0.3, 0.4) is 0 Å². The number of esters is 1. The average Bonchev–Trinajstić information content (AvgIpc) is 2.51. The summed E-state index contributed by atoms with van der Waals surface area (Å²) in [6.07, 6.45) is 0.735. The van der Waals surface area contributed by atoms with Gasteiger partial charge in [0.1, 0.15) is 17.1 Å². The molecule has 0 aliphatic rings. The Bertz CT molecular complexity index is 660. The van der Waals surface area contributed by atoms with Gasteiger partial charge >= 0.3 is 5.97 Å². The first-order valence-corrected chi connectivity index (χ1v) is 6.42. The Morgan fingerprint density at radius 1 is 1.14 bits per heavy atom. The van der Waals surface area contributed by atoms with Crippen molar-refractivity contribution in [3.63, 3.8) is 0 Å². The van der Waals surface area contributed by atoms with Crippen molar-refractivity contribution < 1.29 is 19.4 Å². The fraction of sp³-hybridized carbons (Fsp3) is 0.118. The number of carbonyl (C=O) groups is 1. The topological polar surface area (TPSA) is 55.8 Å². The van der Waals surface area contributed by atoms with Crippen molar-refractivity contribution in [1.29, 1.82) is 0 Å². The Labute approximate surface area is 123 Å². The summed E-state index contributed by atoms with van der Waals surface area (Å²) in [7, 11) is 1.26. The van der Waals surface area contributed by atoms with Crippen LogP contribution in [0.5, 0.6) is 11.5 Å². The molecule has 4 nitrogen and oxygen atoms in total. The highest BCUT2D eigenvalue weighted by molar-refractivity contribution is 6.17. The Morgan fingerprint density at radius 3 is 2.48 bits per heavy atom. The minimum Gasteiger partial charge on any atom is -0.515 e. The van der Waals surface area contributed by atoms with Crippen molar-refractivity contribution in [1.82, 2.24) is 0 Å². The predicted molar refractivity (Wildman–Crippen MR) is 80.3 cm³/mol. The molecule has 2 aromatic rings. The van der Waals surface area contributed by atoms with Crippen molar-refractivity contribution in [2.24, 2.45) is 0 Å². The molecule has 0 amide bonds. The molecule has 2 rings (SSSR count). The second kappa shape index (κ2) is 6.61. The molecule has 0 saturated carbocycles. The maximum Gasteiger partial charge on any atom is 0.341 e. The predicted octanol–water partition coefficient (Wildman–Crippen LogP) is 3.86. The van der Waals surface area contributed by atoms with Gasteiger partial charge in [0.15, 0.2) is 0 Å². The lowest BCUT2D eigenvalue weighted by Gasteiger charge is -2.13. The van der Waals surface area contributed by atoms with Crippen LogP contribution >= 0.6 is 0 Å². The third-order valence-corrected chi connectivity index (χ3v) is 2.93. The summed E-state index contributed by atoms with van der Waals surface area (Å²) in [5.74, 6) is 0.489. The first-order valence-electron chi connectivity index (χ1n) is 6.42. The lowest BCUT2D eigenvalue weighted by Crippen LogP contribution is -2.05. The van der Waals surface area contributed by atoms with Gasteiger partial charge in [-0.3, -0.25) is 0 Å². The van der Waals surface area contributed by atoms with Gasteiger partial charge in [-0.2, -0.15) is 0 Å². The highest BCUT2D eigenvalue weighted by atomic mass is 16.5. The summed E-state index contributed by atoms with van der Waals surface area (Å²) in [6.45, 7) is 1.89. The van der Waals surface area contributed by atoms with E-state index in [1.165, 1.54) is 7.11 Å². The van der Waals surface area contributed by atoms with E-state index in [-0.39, 0.29) is 5.57 Å². The zero-order valence-electron chi connectivity index (χ0n) is 11.9. The molecule has 0 bridgehead atoms. The molecule has 108 valence electrons. The van der Waals surface area contributed by atoms with Gasteiger partial charge in [0.05, 0.1) is 13.4 Å². The number of rotatable bonds is 4. The third-order valence-electron chi connectivity index (χ3n) is 2.93. The SMILES string of the molecule is COC(=O)C(=CO)c1cc(C)ccc1Oc1ccccc1. The third kappa shape index (κ3) is 3.42. The molecular formula is C17H16O4. The van der Waals surface area contributed by atoms with Crippen LogP contribution in [0.1, 0.15) is 11.1 Å². The van der Waals surface area contributed by atoms with E-state index in [9.17, 15) is 9.90 Å². The monoisotopic (exact) mass is 284 g/mol. The zero-order chi connectivity index (χ0) is 15.2. The van der Waals surface area contributed by atoms with Gasteiger partial charge in [0.25, 0.3) is 0 Å². The van der Waals surface area contributed by atoms with Crippen LogP contribution in [0.15, 0.2) is 54.8 Å². The average molecular weight is 284 g/mol. The van der Waals surface area contributed by atoms with E-state index in [2.05, 4.69) is 4.74 Å². The van der Waals surface area contributed by atoms with Crippen LogP contribution in [0.25, 0.3) is 5.57 Å². The first-order chi connectivity index (χ1) is 10.2. The summed E-state index contributed by atoms with van der Waals surface area (Å²) in [5, 5.41) is 9.34. The maximum absolute atomic E-state index is 11.8. The van der Waals surface area contributed by atoms with Crippen LogP contribution in [0.4, 0.5) is 0 Å². The van der Waals surface area contributed by atoms with Crippen LogP contribution in [-0.4, -0.2) is 18.2 Å². The minimum atomic E-state index is -0.624. The van der Waals surface area contributed by atoms with Gasteiger partial charge < -0.3 is 14.6 Å². The second-order valence-corrected chi connectivity index (χ2v) is 4.45. The smallest absolute Gasteiger partial charge is 0.341 e. The maximum atomic E-state index is 11.8. The number of para-hydroxylation sites is 1. The van der Waals surface area contributed by atoms with Crippen molar-refractivity contribution in [3.8, 4) is 11.5 Å². The summed E-state index contributed by atoms with van der Waals surface area (Å²) in [5.41, 5.74) is 1.47. The number of hydrogen-bond donors (Lipinski definition) is 1. The minimum absolute atomic E-state index is 0.0483. The number of aliphatic hydroxyl groups is 1. The highest BCUT2D eigenvalue weighted by Gasteiger charge is 2.18. The Hall–Kier alpha value is -2.75. The Morgan fingerprint density at radius 2 is 1.86 bits per heavy atom. The molecule has 0 fully saturated rings.